The first kappa shape index (κ1) is 20.0. The van der Waals surface area contributed by atoms with E-state index in [1.165, 1.54) is 16.7 Å². The molecule has 1 unspecified atom stereocenters. The van der Waals surface area contributed by atoms with E-state index in [0.29, 0.717) is 12.3 Å². The lowest BCUT2D eigenvalue weighted by molar-refractivity contribution is -0.132. The summed E-state index contributed by atoms with van der Waals surface area (Å²) in [6.07, 6.45) is 7.24. The van der Waals surface area contributed by atoms with Crippen LogP contribution in [0.2, 0.25) is 0 Å². The standard InChI is InChI=1S/C19H30N2O.ClH/c1-15-9-7-10-17(16(15)2)18-11-8-14-21(18)19(22)12-5-3-4-6-13-20;/h7,9-10,18H,3-6,8,11-14,20H2,1-2H3;1H. The van der Waals surface area contributed by atoms with Crippen LogP contribution >= 0.6 is 12.4 Å². The molecule has 3 nitrogen and oxygen atoms in total. The maximum Gasteiger partial charge on any atom is 0.223 e. The summed E-state index contributed by atoms with van der Waals surface area (Å²) in [5.41, 5.74) is 9.51. The Morgan fingerprint density at radius 1 is 1.22 bits per heavy atom. The van der Waals surface area contributed by atoms with Crippen LogP contribution in [-0.4, -0.2) is 23.9 Å². The van der Waals surface area contributed by atoms with Gasteiger partial charge in [0.25, 0.3) is 0 Å². The third-order valence-electron chi connectivity index (χ3n) is 4.92. The van der Waals surface area contributed by atoms with Crippen LogP contribution in [0, 0.1) is 13.8 Å². The van der Waals surface area contributed by atoms with Crippen LogP contribution in [0.5, 0.6) is 0 Å². The molecule has 1 fully saturated rings. The topological polar surface area (TPSA) is 46.3 Å². The summed E-state index contributed by atoms with van der Waals surface area (Å²) in [5.74, 6) is 0.330. The average molecular weight is 339 g/mol. The van der Waals surface area contributed by atoms with E-state index in [1.807, 2.05) is 0 Å². The monoisotopic (exact) mass is 338 g/mol. The summed E-state index contributed by atoms with van der Waals surface area (Å²) in [7, 11) is 0. The van der Waals surface area contributed by atoms with Crippen LogP contribution in [0.15, 0.2) is 18.2 Å². The molecule has 0 saturated carbocycles. The largest absolute Gasteiger partial charge is 0.336 e. The highest BCUT2D eigenvalue weighted by Gasteiger charge is 2.30. The summed E-state index contributed by atoms with van der Waals surface area (Å²) in [6, 6.07) is 6.75. The summed E-state index contributed by atoms with van der Waals surface area (Å²) in [4.78, 5) is 14.7. The van der Waals surface area contributed by atoms with Crippen LogP contribution in [0.1, 0.15) is 67.7 Å². The zero-order valence-electron chi connectivity index (χ0n) is 14.5. The van der Waals surface area contributed by atoms with Gasteiger partial charge in [-0.05, 0) is 62.8 Å². The maximum absolute atomic E-state index is 12.6. The van der Waals surface area contributed by atoms with E-state index >= 15 is 0 Å². The second-order valence-electron chi connectivity index (χ2n) is 6.49. The van der Waals surface area contributed by atoms with Crippen LogP contribution in [0.25, 0.3) is 0 Å². The first-order valence-corrected chi connectivity index (χ1v) is 8.70. The first-order chi connectivity index (χ1) is 10.6. The number of likely N-dealkylation sites (tertiary alicyclic amines) is 1. The Balaban J connectivity index is 0.00000264. The number of amides is 1. The van der Waals surface area contributed by atoms with Gasteiger partial charge in [0.1, 0.15) is 0 Å². The molecule has 0 spiro atoms. The van der Waals surface area contributed by atoms with Gasteiger partial charge in [0.2, 0.25) is 5.91 Å². The molecular weight excluding hydrogens is 308 g/mol. The van der Waals surface area contributed by atoms with Crippen LogP contribution < -0.4 is 5.73 Å². The number of carbonyl (C=O) groups is 1. The summed E-state index contributed by atoms with van der Waals surface area (Å²) in [6.45, 7) is 6.00. The molecule has 1 aromatic rings. The minimum absolute atomic E-state index is 0. The highest BCUT2D eigenvalue weighted by atomic mass is 35.5. The fraction of sp³-hybridized carbons (Fsp3) is 0.632. The van der Waals surface area contributed by atoms with Crippen molar-refractivity contribution in [1.29, 1.82) is 0 Å². The minimum Gasteiger partial charge on any atom is -0.336 e. The van der Waals surface area contributed by atoms with E-state index in [1.54, 1.807) is 0 Å². The fourth-order valence-electron chi connectivity index (χ4n) is 3.44. The Morgan fingerprint density at radius 2 is 1.96 bits per heavy atom. The molecular formula is C19H31ClN2O. The molecule has 0 aliphatic carbocycles. The quantitative estimate of drug-likeness (QED) is 0.753. The van der Waals surface area contributed by atoms with Crippen molar-refractivity contribution in [3.63, 3.8) is 0 Å². The van der Waals surface area contributed by atoms with Gasteiger partial charge in [-0.2, -0.15) is 0 Å². The number of nitrogens with zero attached hydrogens (tertiary/aromatic N) is 1. The lowest BCUT2D eigenvalue weighted by atomic mass is 9.96. The van der Waals surface area contributed by atoms with Gasteiger partial charge in [0.05, 0.1) is 6.04 Å². The summed E-state index contributed by atoms with van der Waals surface area (Å²) < 4.78 is 0. The Morgan fingerprint density at radius 3 is 2.70 bits per heavy atom. The molecule has 4 heteroatoms. The van der Waals surface area contributed by atoms with Crippen molar-refractivity contribution in [3.05, 3.63) is 34.9 Å². The minimum atomic E-state index is 0. The van der Waals surface area contributed by atoms with Crippen LogP contribution in [0.4, 0.5) is 0 Å². The van der Waals surface area contributed by atoms with Gasteiger partial charge in [0.15, 0.2) is 0 Å². The molecule has 1 saturated heterocycles. The van der Waals surface area contributed by atoms with Crippen molar-refractivity contribution >= 4 is 18.3 Å². The first-order valence-electron chi connectivity index (χ1n) is 8.70. The Bertz CT molecular complexity index is 504. The molecule has 0 bridgehead atoms. The van der Waals surface area contributed by atoms with Crippen LogP contribution in [0.3, 0.4) is 0 Å². The second kappa shape index (κ2) is 9.94. The van der Waals surface area contributed by atoms with Gasteiger partial charge < -0.3 is 10.6 Å². The molecule has 2 N–H and O–H groups in total. The molecule has 23 heavy (non-hydrogen) atoms. The molecule has 130 valence electrons. The summed E-state index contributed by atoms with van der Waals surface area (Å²) in [5, 5.41) is 0. The number of aryl methyl sites for hydroxylation is 1. The Hall–Kier alpha value is -1.06. The molecule has 1 heterocycles. The number of hydrogen-bond donors (Lipinski definition) is 1. The Kier molecular flexibility index (Phi) is 8.64. The Labute approximate surface area is 147 Å². The third kappa shape index (κ3) is 5.22. The van der Waals surface area contributed by atoms with Gasteiger partial charge in [-0.25, -0.2) is 0 Å². The van der Waals surface area contributed by atoms with E-state index in [-0.39, 0.29) is 18.4 Å². The number of halogens is 1. The predicted molar refractivity (Wildman–Crippen MR) is 99.0 cm³/mol. The highest BCUT2D eigenvalue weighted by Crippen LogP contribution is 2.35. The number of nitrogens with two attached hydrogens (primary N) is 1. The SMILES string of the molecule is Cc1cccc(C2CCCN2C(=O)CCCCCCN)c1C.Cl. The second-order valence-corrected chi connectivity index (χ2v) is 6.49. The molecule has 1 amide bonds. The van der Waals surface area contributed by atoms with Crippen molar-refractivity contribution in [3.8, 4) is 0 Å². The average Bonchev–Trinajstić information content (AvgIpc) is 2.99. The van der Waals surface area contributed by atoms with Crippen molar-refractivity contribution in [1.82, 2.24) is 4.90 Å². The normalized spacial score (nSPS) is 17.2. The number of benzene rings is 1. The fourth-order valence-corrected chi connectivity index (χ4v) is 3.44. The molecule has 1 aliphatic heterocycles. The van der Waals surface area contributed by atoms with E-state index in [4.69, 9.17) is 5.73 Å². The lowest BCUT2D eigenvalue weighted by Gasteiger charge is -2.27. The molecule has 2 rings (SSSR count). The molecule has 0 aromatic heterocycles. The van der Waals surface area contributed by atoms with Gasteiger partial charge in [-0.3, -0.25) is 4.79 Å². The number of hydrogen-bond acceptors (Lipinski definition) is 2. The van der Waals surface area contributed by atoms with E-state index < -0.39 is 0 Å². The van der Waals surface area contributed by atoms with Crippen molar-refractivity contribution in [2.75, 3.05) is 13.1 Å². The smallest absolute Gasteiger partial charge is 0.223 e. The number of rotatable bonds is 7. The molecule has 1 aliphatic rings. The lowest BCUT2D eigenvalue weighted by Crippen LogP contribution is -2.30. The number of unbranched alkanes of at least 4 members (excludes halogenated alkanes) is 3. The van der Waals surface area contributed by atoms with Gasteiger partial charge in [0, 0.05) is 13.0 Å². The highest BCUT2D eigenvalue weighted by molar-refractivity contribution is 5.85. The van der Waals surface area contributed by atoms with E-state index in [2.05, 4.69) is 36.9 Å². The third-order valence-corrected chi connectivity index (χ3v) is 4.92. The van der Waals surface area contributed by atoms with Gasteiger partial charge in [-0.15, -0.1) is 12.4 Å². The van der Waals surface area contributed by atoms with E-state index in [9.17, 15) is 4.79 Å². The zero-order valence-corrected chi connectivity index (χ0v) is 15.3. The van der Waals surface area contributed by atoms with Gasteiger partial charge >= 0.3 is 0 Å². The predicted octanol–water partition coefficient (Wildman–Crippen LogP) is 4.30. The van der Waals surface area contributed by atoms with Crippen molar-refractivity contribution < 1.29 is 4.79 Å². The van der Waals surface area contributed by atoms with Crippen LogP contribution in [-0.2, 0) is 4.79 Å². The van der Waals surface area contributed by atoms with Crippen molar-refractivity contribution in [2.45, 2.75) is 64.8 Å². The number of carbonyl (C=O) groups excluding carboxylic acids is 1. The van der Waals surface area contributed by atoms with Gasteiger partial charge in [-0.1, -0.05) is 31.0 Å². The molecule has 1 aromatic carbocycles. The zero-order chi connectivity index (χ0) is 15.9. The maximum atomic E-state index is 12.6. The molecule has 0 radical (unpaired) electrons. The molecule has 1 atom stereocenters. The van der Waals surface area contributed by atoms with E-state index in [0.717, 1.165) is 51.6 Å². The summed E-state index contributed by atoms with van der Waals surface area (Å²) >= 11 is 0. The van der Waals surface area contributed by atoms with Crippen molar-refractivity contribution in [2.24, 2.45) is 5.73 Å².